The van der Waals surface area contributed by atoms with Gasteiger partial charge < -0.3 is 52.6 Å². The summed E-state index contributed by atoms with van der Waals surface area (Å²) in [7, 11) is -8.66. The van der Waals surface area contributed by atoms with E-state index in [2.05, 4.69) is 46.0 Å². The van der Waals surface area contributed by atoms with Crippen molar-refractivity contribution in [3.05, 3.63) is 152 Å². The van der Waals surface area contributed by atoms with Crippen molar-refractivity contribution in [3.63, 3.8) is 0 Å². The van der Waals surface area contributed by atoms with E-state index in [9.17, 15) is 41.1 Å². The maximum Gasteiger partial charge on any atom is 0.326 e. The summed E-state index contributed by atoms with van der Waals surface area (Å²) < 4.78 is 72.9. The summed E-state index contributed by atoms with van der Waals surface area (Å²) in [5, 5.41) is 23.6. The van der Waals surface area contributed by atoms with Gasteiger partial charge in [-0.2, -0.15) is 0 Å². The number of carboxylic acid groups (broad SMARTS) is 1. The average Bonchev–Trinajstić information content (AvgIpc) is 1.73. The number of fused-ring (bicyclic) bond motifs is 2. The Kier molecular flexibility index (Phi) is 24.8. The molecule has 536 valence electrons. The minimum absolute atomic E-state index is 0.0257. The lowest BCUT2D eigenvalue weighted by atomic mass is 9.84. The molecule has 0 spiro atoms. The van der Waals surface area contributed by atoms with E-state index in [1.807, 2.05) is 119 Å². The summed E-state index contributed by atoms with van der Waals surface area (Å²) in [5.74, 6) is -5.19. The molecule has 0 aromatic heterocycles. The number of nitrogens with two attached hydrogens (primary N) is 2. The first-order chi connectivity index (χ1) is 46.2. The van der Waals surface area contributed by atoms with Crippen molar-refractivity contribution < 1.29 is 60.2 Å². The maximum atomic E-state index is 15.2. The average molecular weight is 1420 g/mol. The molecular formula is C72H97N11O13S3. The van der Waals surface area contributed by atoms with Crippen molar-refractivity contribution in [3.8, 4) is 11.5 Å². The van der Waals surface area contributed by atoms with E-state index in [0.717, 1.165) is 27.8 Å². The third-order valence-corrected chi connectivity index (χ3v) is 22.6. The predicted octanol–water partition coefficient (Wildman–Crippen LogP) is 7.12. The SMILES string of the molecule is CC(=O)N[C@@H](CSC(c1ccccc1)(c1ccccc1)c1ccccc1)C(=O)N[C@@H](CCCN=C(N)NS(=O)(=O)c1c(C)c(C)c2c(c1C)CC(C)(C)O2)C(=O)N[C@@H](CCCN=C(N)NS(=O)(=O)c1c(C)c(C)c2c(c1C)CC(C)(C)O2)C(=O)NC(C)(C)C(=O)N[C@@H](CC(C)C)C(=O)O. The van der Waals surface area contributed by atoms with Gasteiger partial charge in [0.15, 0.2) is 0 Å². The quantitative estimate of drug-likeness (QED) is 0.00946. The first kappa shape index (κ1) is 77.7. The minimum atomic E-state index is -4.33. The molecule has 2 heterocycles. The van der Waals surface area contributed by atoms with Gasteiger partial charge in [0, 0.05) is 49.7 Å². The number of ether oxygens (including phenoxy) is 2. The second-order valence-electron chi connectivity index (χ2n) is 27.7. The van der Waals surface area contributed by atoms with Crippen molar-refractivity contribution in [2.24, 2.45) is 27.4 Å². The van der Waals surface area contributed by atoms with Crippen LogP contribution in [0.5, 0.6) is 11.5 Å². The Morgan fingerprint density at radius 2 is 0.949 bits per heavy atom. The molecule has 2 aliphatic rings. The number of carbonyl (C=O) groups excluding carboxylic acids is 5. The molecular weight excluding hydrogens is 1320 g/mol. The van der Waals surface area contributed by atoms with Gasteiger partial charge in [0.1, 0.15) is 52.4 Å². The molecule has 0 saturated heterocycles. The molecule has 2 aliphatic heterocycles. The molecule has 99 heavy (non-hydrogen) atoms. The number of hydrogen-bond acceptors (Lipinski definition) is 15. The van der Waals surface area contributed by atoms with Crippen molar-refractivity contribution in [2.75, 3.05) is 18.8 Å². The van der Waals surface area contributed by atoms with Gasteiger partial charge >= 0.3 is 5.97 Å². The Bertz CT molecular complexity index is 4050. The van der Waals surface area contributed by atoms with Crippen LogP contribution < -0.4 is 57.0 Å². The third-order valence-electron chi connectivity index (χ3n) is 17.7. The highest BCUT2D eigenvalue weighted by Crippen LogP contribution is 2.49. The number of benzene rings is 5. The van der Waals surface area contributed by atoms with Crippen molar-refractivity contribution in [2.45, 2.75) is 204 Å². The fourth-order valence-corrected chi connectivity index (χ4v) is 17.3. The van der Waals surface area contributed by atoms with E-state index in [4.69, 9.17) is 20.9 Å². The lowest BCUT2D eigenvalue weighted by Crippen LogP contribution is -2.62. The van der Waals surface area contributed by atoms with Crippen LogP contribution in [0, 0.1) is 47.5 Å². The molecule has 0 aliphatic carbocycles. The van der Waals surface area contributed by atoms with Gasteiger partial charge in [-0.15, -0.1) is 11.8 Å². The van der Waals surface area contributed by atoms with E-state index in [0.29, 0.717) is 57.7 Å². The van der Waals surface area contributed by atoms with Crippen LogP contribution in [-0.4, -0.2) is 129 Å². The van der Waals surface area contributed by atoms with Crippen LogP contribution in [0.4, 0.5) is 0 Å². The number of guanidine groups is 2. The monoisotopic (exact) mass is 1420 g/mol. The molecule has 7 rings (SSSR count). The maximum absolute atomic E-state index is 15.2. The molecule has 12 N–H and O–H groups in total. The molecule has 0 saturated carbocycles. The number of rotatable bonds is 30. The number of amides is 5. The van der Waals surface area contributed by atoms with Gasteiger partial charge in [0.05, 0.1) is 14.5 Å². The zero-order valence-electron chi connectivity index (χ0n) is 59.2. The first-order valence-electron chi connectivity index (χ1n) is 33.0. The van der Waals surface area contributed by atoms with Gasteiger partial charge in [-0.05, 0) is 171 Å². The van der Waals surface area contributed by atoms with Crippen molar-refractivity contribution in [1.29, 1.82) is 0 Å². The number of carboxylic acids is 1. The standard InChI is InChI=1S/C72H97N11O13S3/c1-41(2)37-56(65(88)89)80-66(90)71(14,15)81-64(87)55(34-26-36-76-68(74)83-99(93,94)61-45(6)43(4)59-53(47(61)8)39-70(12,13)96-59)79-62(85)54(33-25-35-75-67(73)82-98(91,92)60-44(5)42(3)58-52(46(60)7)38-69(10,11)95-58)78-63(86)57(77-48(9)84)40-97-72(49-27-19-16-20-28-49,50-29-21-17-22-30-50)51-31-23-18-24-32-51/h16-24,27-32,41,54-57H,25-26,33-40H2,1-15H3,(H,77,84)(H,78,86)(H,79,85)(H,80,90)(H,81,87)(H,88,89)(H3,73,75,82)(H3,74,76,83)/t54-,55-,56-,57-/m0/s1. The Morgan fingerprint density at radius 3 is 1.32 bits per heavy atom. The highest BCUT2D eigenvalue weighted by Gasteiger charge is 2.42. The zero-order valence-corrected chi connectivity index (χ0v) is 61.7. The molecule has 5 amide bonds. The summed E-state index contributed by atoms with van der Waals surface area (Å²) in [5.41, 5.74) is 17.1. The van der Waals surface area contributed by atoms with Gasteiger partial charge in [0.2, 0.25) is 41.5 Å². The molecule has 0 fully saturated rings. The van der Waals surface area contributed by atoms with Crippen LogP contribution in [0.25, 0.3) is 0 Å². The number of nitrogens with one attached hydrogen (secondary N) is 7. The second kappa shape index (κ2) is 31.7. The van der Waals surface area contributed by atoms with Gasteiger partial charge in [0.25, 0.3) is 20.0 Å². The van der Waals surface area contributed by atoms with Crippen LogP contribution in [0.3, 0.4) is 0 Å². The van der Waals surface area contributed by atoms with Crippen LogP contribution >= 0.6 is 11.8 Å². The van der Waals surface area contributed by atoms with E-state index < -0.39 is 113 Å². The molecule has 0 bridgehead atoms. The number of sulfonamides is 2. The lowest BCUT2D eigenvalue weighted by molar-refractivity contribution is -0.143. The Balaban J connectivity index is 1.21. The Morgan fingerprint density at radius 1 is 0.566 bits per heavy atom. The van der Waals surface area contributed by atoms with E-state index in [1.165, 1.54) is 32.5 Å². The van der Waals surface area contributed by atoms with E-state index >= 15 is 9.59 Å². The largest absolute Gasteiger partial charge is 0.487 e. The van der Waals surface area contributed by atoms with Crippen LogP contribution in [0.15, 0.2) is 111 Å². The normalized spacial score (nSPS) is 15.6. The highest BCUT2D eigenvalue weighted by atomic mass is 32.2. The first-order valence-corrected chi connectivity index (χ1v) is 37.0. The van der Waals surface area contributed by atoms with Crippen molar-refractivity contribution in [1.82, 2.24) is 36.0 Å². The van der Waals surface area contributed by atoms with E-state index in [1.54, 1.807) is 55.4 Å². The lowest BCUT2D eigenvalue weighted by Gasteiger charge is -2.36. The summed E-state index contributed by atoms with van der Waals surface area (Å²) in [6, 6.07) is 23.3. The van der Waals surface area contributed by atoms with Gasteiger partial charge in [-0.25, -0.2) is 31.1 Å². The number of aliphatic imine (C=N–C) groups is 2. The topological polar surface area (TPSA) is 370 Å². The number of carbonyl (C=O) groups is 6. The summed E-state index contributed by atoms with van der Waals surface area (Å²) in [4.78, 5) is 93.2. The van der Waals surface area contributed by atoms with E-state index in [-0.39, 0.29) is 66.7 Å². The molecule has 0 unspecified atom stereocenters. The second-order valence-corrected chi connectivity index (χ2v) is 32.2. The number of thioether (sulfide) groups is 1. The molecule has 27 heteroatoms. The Hall–Kier alpha value is -8.69. The molecule has 0 radical (unpaired) electrons. The fraction of sp³-hybridized carbons (Fsp3) is 0.472. The number of nitrogens with zero attached hydrogens (tertiary/aromatic N) is 2. The number of hydrogen-bond donors (Lipinski definition) is 10. The van der Waals surface area contributed by atoms with Gasteiger partial charge in [-0.1, -0.05) is 105 Å². The Labute approximate surface area is 586 Å². The van der Waals surface area contributed by atoms with Gasteiger partial charge in [-0.3, -0.25) is 34.0 Å². The molecule has 4 atom stereocenters. The fourth-order valence-electron chi connectivity index (χ4n) is 12.7. The number of aliphatic carboxylic acids is 1. The molecule has 5 aromatic carbocycles. The third kappa shape index (κ3) is 18.8. The van der Waals surface area contributed by atoms with Crippen LogP contribution in [-0.2, 0) is 66.4 Å². The smallest absolute Gasteiger partial charge is 0.326 e. The summed E-state index contributed by atoms with van der Waals surface area (Å²) in [6.45, 7) is 25.2. The predicted molar refractivity (Wildman–Crippen MR) is 385 cm³/mol. The summed E-state index contributed by atoms with van der Waals surface area (Å²) >= 11 is 1.38. The van der Waals surface area contributed by atoms with Crippen molar-refractivity contribution >= 4 is 79.2 Å². The summed E-state index contributed by atoms with van der Waals surface area (Å²) in [6.07, 6.45) is 0.488. The highest BCUT2D eigenvalue weighted by molar-refractivity contribution is 8.00. The van der Waals surface area contributed by atoms with Crippen LogP contribution in [0.1, 0.15) is 156 Å². The molecule has 5 aromatic rings. The van der Waals surface area contributed by atoms with Crippen LogP contribution in [0.2, 0.25) is 0 Å². The minimum Gasteiger partial charge on any atom is -0.487 e. The zero-order chi connectivity index (χ0) is 73.3. The molecule has 24 nitrogen and oxygen atoms in total.